The highest BCUT2D eigenvalue weighted by atomic mass is 28.2. The van der Waals surface area contributed by atoms with Gasteiger partial charge in [-0.2, -0.15) is 0 Å². The van der Waals surface area contributed by atoms with Crippen LogP contribution in [0.1, 0.15) is 27.2 Å². The summed E-state index contributed by atoms with van der Waals surface area (Å²) in [4.78, 5) is 0. The quantitative estimate of drug-likeness (QED) is 0.539. The van der Waals surface area contributed by atoms with Gasteiger partial charge in [0.2, 0.25) is 0 Å². The molecule has 0 heterocycles. The van der Waals surface area contributed by atoms with Crippen LogP contribution in [-0.4, -0.2) is 19.0 Å². The van der Waals surface area contributed by atoms with E-state index >= 15 is 0 Å². The van der Waals surface area contributed by atoms with Gasteiger partial charge in [-0.05, 0) is 0 Å². The van der Waals surface area contributed by atoms with E-state index in [-0.39, 0.29) is 0 Å². The maximum atomic E-state index is 2.37. The Morgan fingerprint density at radius 1 is 1.10 bits per heavy atom. The molecule has 0 aliphatic carbocycles. The Morgan fingerprint density at radius 2 is 1.80 bits per heavy atom. The van der Waals surface area contributed by atoms with Crippen LogP contribution in [0.15, 0.2) is 0 Å². The Bertz CT molecular complexity index is 64.3. The largest absolute Gasteiger partial charge is 0.0683 e. The predicted octanol–water partition coefficient (Wildman–Crippen LogP) is 1.82. The zero-order chi connectivity index (χ0) is 7.82. The van der Waals surface area contributed by atoms with Crippen molar-refractivity contribution in [2.45, 2.75) is 50.9 Å². The molecule has 0 nitrogen and oxygen atoms in total. The minimum Gasteiger partial charge on any atom is -0.0683 e. The molecule has 0 N–H and O–H groups in total. The first-order valence-corrected chi connectivity index (χ1v) is 8.66. The second-order valence-corrected chi connectivity index (χ2v) is 8.22. The van der Waals surface area contributed by atoms with E-state index in [0.29, 0.717) is 19.0 Å². The molecule has 0 saturated carbocycles. The standard InChI is InChI=1S/C8H22Si2/c1-4-8(10-6-3)7-9-5-2/h8H,4-7,9-10H2,1-3H3. The van der Waals surface area contributed by atoms with Crippen LogP contribution in [0.4, 0.5) is 0 Å². The predicted molar refractivity (Wildman–Crippen MR) is 56.9 cm³/mol. The van der Waals surface area contributed by atoms with Crippen molar-refractivity contribution in [3.05, 3.63) is 0 Å². The molecule has 10 heavy (non-hydrogen) atoms. The fourth-order valence-corrected chi connectivity index (χ4v) is 6.09. The van der Waals surface area contributed by atoms with E-state index in [1.165, 1.54) is 24.1 Å². The highest BCUT2D eigenvalue weighted by molar-refractivity contribution is 6.43. The van der Waals surface area contributed by atoms with E-state index in [1.807, 2.05) is 0 Å². The lowest BCUT2D eigenvalue weighted by Crippen LogP contribution is -2.03. The summed E-state index contributed by atoms with van der Waals surface area (Å²) in [5, 5.41) is 0. The molecule has 0 aromatic heterocycles. The van der Waals surface area contributed by atoms with E-state index < -0.39 is 0 Å². The van der Waals surface area contributed by atoms with Crippen LogP contribution in [0.5, 0.6) is 0 Å². The maximum absolute atomic E-state index is 2.37. The first-order chi connectivity index (χ1) is 4.85. The van der Waals surface area contributed by atoms with Gasteiger partial charge in [0.05, 0.1) is 0 Å². The van der Waals surface area contributed by atoms with Gasteiger partial charge in [0.1, 0.15) is 0 Å². The van der Waals surface area contributed by atoms with Gasteiger partial charge in [-0.1, -0.05) is 50.9 Å². The SMILES string of the molecule is CC[SiH2]CC(CC)[SiH2]CC. The number of rotatable bonds is 6. The molecular weight excluding hydrogens is 152 g/mol. The lowest BCUT2D eigenvalue weighted by molar-refractivity contribution is 0.858. The summed E-state index contributed by atoms with van der Waals surface area (Å²) < 4.78 is 0. The average molecular weight is 174 g/mol. The molecule has 0 aliphatic rings. The first-order valence-electron chi connectivity index (χ1n) is 4.85. The van der Waals surface area contributed by atoms with E-state index in [0.717, 1.165) is 0 Å². The third kappa shape index (κ3) is 5.24. The summed E-state index contributed by atoms with van der Waals surface area (Å²) >= 11 is 0. The number of hydrogen-bond donors (Lipinski definition) is 0. The van der Waals surface area contributed by atoms with Crippen LogP contribution >= 0.6 is 0 Å². The summed E-state index contributed by atoms with van der Waals surface area (Å²) in [6.07, 6.45) is 1.48. The second-order valence-electron chi connectivity index (χ2n) is 3.21. The van der Waals surface area contributed by atoms with E-state index in [9.17, 15) is 0 Å². The van der Waals surface area contributed by atoms with Crippen LogP contribution in [0.2, 0.25) is 23.7 Å². The lowest BCUT2D eigenvalue weighted by Gasteiger charge is -2.10. The summed E-state index contributed by atoms with van der Waals surface area (Å²) in [5.74, 6) is 0. The van der Waals surface area contributed by atoms with Gasteiger partial charge in [0.25, 0.3) is 0 Å². The van der Waals surface area contributed by atoms with E-state index in [4.69, 9.17) is 0 Å². The fraction of sp³-hybridized carbons (Fsp3) is 1.00. The van der Waals surface area contributed by atoms with Gasteiger partial charge >= 0.3 is 0 Å². The van der Waals surface area contributed by atoms with Crippen molar-refractivity contribution in [1.29, 1.82) is 0 Å². The van der Waals surface area contributed by atoms with Crippen LogP contribution in [0, 0.1) is 0 Å². The van der Waals surface area contributed by atoms with Gasteiger partial charge in [0, 0.05) is 19.0 Å². The molecule has 0 radical (unpaired) electrons. The van der Waals surface area contributed by atoms with Crippen LogP contribution < -0.4 is 0 Å². The Kier molecular flexibility index (Phi) is 7.87. The van der Waals surface area contributed by atoms with Gasteiger partial charge in [-0.25, -0.2) is 0 Å². The molecule has 1 unspecified atom stereocenters. The molecule has 1 atom stereocenters. The molecule has 0 bridgehead atoms. The minimum atomic E-state index is 0.350. The lowest BCUT2D eigenvalue weighted by atomic mass is 10.4. The third-order valence-corrected chi connectivity index (χ3v) is 7.37. The van der Waals surface area contributed by atoms with Gasteiger partial charge in [-0.15, -0.1) is 0 Å². The van der Waals surface area contributed by atoms with Crippen molar-refractivity contribution in [3.8, 4) is 0 Å². The molecule has 2 heteroatoms. The molecule has 0 aromatic carbocycles. The molecule has 0 rings (SSSR count). The zero-order valence-electron chi connectivity index (χ0n) is 7.82. The normalized spacial score (nSPS) is 15.9. The summed E-state index contributed by atoms with van der Waals surface area (Å²) in [6.45, 7) is 7.09. The van der Waals surface area contributed by atoms with Crippen LogP contribution in [0.3, 0.4) is 0 Å². The summed E-state index contributed by atoms with van der Waals surface area (Å²) in [7, 11) is 0.728. The fourth-order valence-electron chi connectivity index (χ4n) is 1.45. The van der Waals surface area contributed by atoms with Gasteiger partial charge in [-0.3, -0.25) is 0 Å². The Morgan fingerprint density at radius 3 is 2.20 bits per heavy atom. The molecule has 62 valence electrons. The molecule has 0 saturated heterocycles. The van der Waals surface area contributed by atoms with Gasteiger partial charge in [0.15, 0.2) is 0 Å². The molecule has 0 fully saturated rings. The summed E-state index contributed by atoms with van der Waals surface area (Å²) in [6, 6.07) is 4.71. The Balaban J connectivity index is 3.21. The first kappa shape index (κ1) is 10.4. The topological polar surface area (TPSA) is 0 Å². The Hall–Kier alpha value is 0.434. The van der Waals surface area contributed by atoms with E-state index in [1.54, 1.807) is 6.04 Å². The van der Waals surface area contributed by atoms with Crippen molar-refractivity contribution in [1.82, 2.24) is 0 Å². The van der Waals surface area contributed by atoms with Crippen molar-refractivity contribution in [3.63, 3.8) is 0 Å². The molecule has 0 amide bonds. The maximum Gasteiger partial charge on any atom is 0.0225 e. The highest BCUT2D eigenvalue weighted by Gasteiger charge is 2.03. The Labute approximate surface area is 70.4 Å². The highest BCUT2D eigenvalue weighted by Crippen LogP contribution is 2.15. The molecule has 0 spiro atoms. The van der Waals surface area contributed by atoms with Crippen molar-refractivity contribution in [2.24, 2.45) is 0 Å². The zero-order valence-corrected chi connectivity index (χ0v) is 10.6. The van der Waals surface area contributed by atoms with Gasteiger partial charge < -0.3 is 0 Å². The van der Waals surface area contributed by atoms with Crippen LogP contribution in [-0.2, 0) is 0 Å². The van der Waals surface area contributed by atoms with Crippen molar-refractivity contribution >= 4 is 19.0 Å². The molecule has 0 aromatic rings. The molecule has 0 aliphatic heterocycles. The van der Waals surface area contributed by atoms with Crippen molar-refractivity contribution < 1.29 is 0 Å². The number of hydrogen-bond acceptors (Lipinski definition) is 0. The average Bonchev–Trinajstić information content (AvgIpc) is 1.98. The smallest absolute Gasteiger partial charge is 0.0225 e. The second kappa shape index (κ2) is 7.54. The van der Waals surface area contributed by atoms with E-state index in [2.05, 4.69) is 20.8 Å². The monoisotopic (exact) mass is 174 g/mol. The third-order valence-electron chi connectivity index (χ3n) is 2.24. The van der Waals surface area contributed by atoms with Crippen molar-refractivity contribution in [2.75, 3.05) is 0 Å². The summed E-state index contributed by atoms with van der Waals surface area (Å²) in [5.41, 5.74) is 1.22. The minimum absolute atomic E-state index is 0.350. The molecular formula is C8H22Si2. The van der Waals surface area contributed by atoms with Crippen LogP contribution in [0.25, 0.3) is 0 Å².